The minimum absolute atomic E-state index is 0.0357. The van der Waals surface area contributed by atoms with E-state index in [2.05, 4.69) is 20.9 Å². The summed E-state index contributed by atoms with van der Waals surface area (Å²) in [5, 5.41) is 0.0770. The van der Waals surface area contributed by atoms with Crippen molar-refractivity contribution in [2.24, 2.45) is 0 Å². The Morgan fingerprint density at radius 2 is 1.89 bits per heavy atom. The zero-order valence-corrected chi connectivity index (χ0v) is 11.0. The normalized spacial score (nSPS) is 14.8. The van der Waals surface area contributed by atoms with Gasteiger partial charge in [0.05, 0.1) is 15.4 Å². The standard InChI is InChI=1S/C13H10BrF2NO/c14-11-7(15)5-8(16)12-10(11)13(18)6-3-1-2-4-9(6)17-12/h5H,1-4H2,(H,17,18). The third kappa shape index (κ3) is 1.61. The van der Waals surface area contributed by atoms with Crippen LogP contribution in [0.1, 0.15) is 24.1 Å². The van der Waals surface area contributed by atoms with Gasteiger partial charge in [-0.1, -0.05) is 0 Å². The van der Waals surface area contributed by atoms with Gasteiger partial charge in [-0.3, -0.25) is 4.79 Å². The molecule has 1 N–H and O–H groups in total. The number of nitrogens with one attached hydrogen (secondary N) is 1. The van der Waals surface area contributed by atoms with Crippen LogP contribution in [0, 0.1) is 11.6 Å². The molecule has 0 saturated carbocycles. The van der Waals surface area contributed by atoms with Gasteiger partial charge in [0.1, 0.15) is 11.6 Å². The Morgan fingerprint density at radius 3 is 2.67 bits per heavy atom. The van der Waals surface area contributed by atoms with Crippen LogP contribution in [0.3, 0.4) is 0 Å². The van der Waals surface area contributed by atoms with Gasteiger partial charge < -0.3 is 4.98 Å². The van der Waals surface area contributed by atoms with Crippen molar-refractivity contribution in [2.75, 3.05) is 0 Å². The maximum Gasteiger partial charge on any atom is 0.194 e. The highest BCUT2D eigenvalue weighted by atomic mass is 79.9. The van der Waals surface area contributed by atoms with Crippen LogP contribution in [0.15, 0.2) is 15.3 Å². The maximum absolute atomic E-state index is 13.7. The number of aryl methyl sites for hydroxylation is 1. The van der Waals surface area contributed by atoms with Crippen molar-refractivity contribution in [3.63, 3.8) is 0 Å². The summed E-state index contributed by atoms with van der Waals surface area (Å²) in [4.78, 5) is 15.3. The van der Waals surface area contributed by atoms with Crippen molar-refractivity contribution in [3.05, 3.63) is 43.7 Å². The second-order valence-corrected chi connectivity index (χ2v) is 5.32. The van der Waals surface area contributed by atoms with E-state index in [1.54, 1.807) is 0 Å². The lowest BCUT2D eigenvalue weighted by molar-refractivity contribution is 0.584. The number of aromatic nitrogens is 1. The molecule has 2 nitrogen and oxygen atoms in total. The fraction of sp³-hybridized carbons (Fsp3) is 0.308. The van der Waals surface area contributed by atoms with Gasteiger partial charge in [0.15, 0.2) is 5.43 Å². The summed E-state index contributed by atoms with van der Waals surface area (Å²) in [5.41, 5.74) is 1.29. The number of benzene rings is 1. The molecule has 0 saturated heterocycles. The van der Waals surface area contributed by atoms with E-state index in [0.29, 0.717) is 12.0 Å². The smallest absolute Gasteiger partial charge is 0.194 e. The first-order valence-electron chi connectivity index (χ1n) is 5.81. The zero-order chi connectivity index (χ0) is 12.9. The SMILES string of the molecule is O=c1c2c([nH]c3c(F)cc(F)c(Br)c13)CCCC2. The summed E-state index contributed by atoms with van der Waals surface area (Å²) < 4.78 is 27.3. The quantitative estimate of drug-likeness (QED) is 0.742. The van der Waals surface area contributed by atoms with Crippen molar-refractivity contribution in [2.45, 2.75) is 25.7 Å². The highest BCUT2D eigenvalue weighted by Gasteiger charge is 2.20. The monoisotopic (exact) mass is 313 g/mol. The van der Waals surface area contributed by atoms with Gasteiger partial charge in [0.2, 0.25) is 0 Å². The van der Waals surface area contributed by atoms with E-state index in [4.69, 9.17) is 0 Å². The third-order valence-electron chi connectivity index (χ3n) is 3.42. The zero-order valence-electron chi connectivity index (χ0n) is 9.45. The molecule has 0 amide bonds. The number of hydrogen-bond donors (Lipinski definition) is 1. The molecule has 18 heavy (non-hydrogen) atoms. The number of pyridine rings is 1. The van der Waals surface area contributed by atoms with Crippen molar-refractivity contribution in [1.82, 2.24) is 4.98 Å². The number of fused-ring (bicyclic) bond motifs is 2. The Morgan fingerprint density at radius 1 is 1.17 bits per heavy atom. The predicted molar refractivity (Wildman–Crippen MR) is 68.8 cm³/mol. The Balaban J connectivity index is 2.50. The molecule has 0 bridgehead atoms. The number of halogens is 3. The molecular formula is C13H10BrF2NO. The summed E-state index contributed by atoms with van der Waals surface area (Å²) in [6.45, 7) is 0. The average molecular weight is 314 g/mol. The first-order valence-corrected chi connectivity index (χ1v) is 6.60. The van der Waals surface area contributed by atoms with Crippen molar-refractivity contribution >= 4 is 26.8 Å². The van der Waals surface area contributed by atoms with E-state index in [9.17, 15) is 13.6 Å². The summed E-state index contributed by atoms with van der Waals surface area (Å²) in [7, 11) is 0. The maximum atomic E-state index is 13.7. The molecule has 0 radical (unpaired) electrons. The molecule has 5 heteroatoms. The lowest BCUT2D eigenvalue weighted by Crippen LogP contribution is -2.19. The van der Waals surface area contributed by atoms with E-state index in [0.717, 1.165) is 31.0 Å². The fourth-order valence-electron chi connectivity index (χ4n) is 2.53. The minimum atomic E-state index is -0.749. The Hall–Kier alpha value is -1.23. The molecule has 94 valence electrons. The van der Waals surface area contributed by atoms with Gasteiger partial charge in [-0.2, -0.15) is 0 Å². The second-order valence-electron chi connectivity index (χ2n) is 4.52. The van der Waals surface area contributed by atoms with Crippen LogP contribution in [-0.4, -0.2) is 4.98 Å². The Labute approximate surface area is 110 Å². The van der Waals surface area contributed by atoms with E-state index in [1.807, 2.05) is 0 Å². The first kappa shape index (κ1) is 11.8. The summed E-state index contributed by atoms with van der Waals surface area (Å²) in [6, 6.07) is 0.789. The van der Waals surface area contributed by atoms with E-state index in [-0.39, 0.29) is 20.8 Å². The molecule has 0 aliphatic heterocycles. The molecule has 0 atom stereocenters. The minimum Gasteiger partial charge on any atom is -0.356 e. The molecular weight excluding hydrogens is 304 g/mol. The first-order chi connectivity index (χ1) is 8.59. The summed E-state index contributed by atoms with van der Waals surface area (Å²) in [5.74, 6) is -1.47. The highest BCUT2D eigenvalue weighted by Crippen LogP contribution is 2.28. The lowest BCUT2D eigenvalue weighted by Gasteiger charge is -2.16. The highest BCUT2D eigenvalue weighted by molar-refractivity contribution is 9.10. The largest absolute Gasteiger partial charge is 0.356 e. The average Bonchev–Trinajstić information content (AvgIpc) is 2.36. The van der Waals surface area contributed by atoms with Gasteiger partial charge in [-0.15, -0.1) is 0 Å². The van der Waals surface area contributed by atoms with Gasteiger partial charge in [-0.05, 0) is 41.6 Å². The van der Waals surface area contributed by atoms with Gasteiger partial charge in [0, 0.05) is 17.3 Å². The van der Waals surface area contributed by atoms with Crippen molar-refractivity contribution in [3.8, 4) is 0 Å². The van der Waals surface area contributed by atoms with E-state index >= 15 is 0 Å². The Bertz CT molecular complexity index is 708. The van der Waals surface area contributed by atoms with Crippen molar-refractivity contribution < 1.29 is 8.78 Å². The van der Waals surface area contributed by atoms with Crippen molar-refractivity contribution in [1.29, 1.82) is 0 Å². The van der Waals surface area contributed by atoms with Crippen LogP contribution in [-0.2, 0) is 12.8 Å². The summed E-state index contributed by atoms with van der Waals surface area (Å²) >= 11 is 3.03. The Kier molecular flexibility index (Phi) is 2.73. The molecule has 3 rings (SSSR count). The molecule has 1 aliphatic carbocycles. The lowest BCUT2D eigenvalue weighted by atomic mass is 9.94. The van der Waals surface area contributed by atoms with Gasteiger partial charge in [-0.25, -0.2) is 8.78 Å². The molecule has 1 aromatic heterocycles. The van der Waals surface area contributed by atoms with Crippen LogP contribution in [0.5, 0.6) is 0 Å². The summed E-state index contributed by atoms with van der Waals surface area (Å²) in [6.07, 6.45) is 3.34. The number of rotatable bonds is 0. The molecule has 0 fully saturated rings. The molecule has 1 heterocycles. The number of H-pyrrole nitrogens is 1. The molecule has 2 aromatic rings. The van der Waals surface area contributed by atoms with Crippen LogP contribution in [0.25, 0.3) is 10.9 Å². The van der Waals surface area contributed by atoms with E-state index in [1.165, 1.54) is 0 Å². The third-order valence-corrected chi connectivity index (χ3v) is 4.19. The topological polar surface area (TPSA) is 32.9 Å². The second kappa shape index (κ2) is 4.16. The van der Waals surface area contributed by atoms with Crippen LogP contribution in [0.2, 0.25) is 0 Å². The van der Waals surface area contributed by atoms with Crippen LogP contribution in [0.4, 0.5) is 8.78 Å². The van der Waals surface area contributed by atoms with E-state index < -0.39 is 11.6 Å². The molecule has 1 aliphatic rings. The fourth-order valence-corrected chi connectivity index (χ4v) is 3.02. The van der Waals surface area contributed by atoms with Crippen LogP contribution < -0.4 is 5.43 Å². The molecule has 0 spiro atoms. The van der Waals surface area contributed by atoms with Gasteiger partial charge >= 0.3 is 0 Å². The number of hydrogen-bond acceptors (Lipinski definition) is 1. The van der Waals surface area contributed by atoms with Crippen LogP contribution >= 0.6 is 15.9 Å². The number of aromatic amines is 1. The molecule has 1 aromatic carbocycles. The predicted octanol–water partition coefficient (Wildman–Crippen LogP) is 3.45. The van der Waals surface area contributed by atoms with Gasteiger partial charge in [0.25, 0.3) is 0 Å². The molecule has 0 unspecified atom stereocenters.